The van der Waals surface area contributed by atoms with Gasteiger partial charge in [-0.2, -0.15) is 0 Å². The molecule has 0 amide bonds. The molecule has 2 aliphatic heterocycles. The molecule has 2 heterocycles. The maximum atomic E-state index is 12.5. The zero-order valence-electron chi connectivity index (χ0n) is 12.0. The summed E-state index contributed by atoms with van der Waals surface area (Å²) in [6, 6.07) is 1.42. The molecule has 2 atom stereocenters. The molecule has 2 fully saturated rings. The number of carbonyl (C=O) groups excluding carboxylic acids is 1. The summed E-state index contributed by atoms with van der Waals surface area (Å²) in [6.07, 6.45) is 15.5. The lowest BCUT2D eigenvalue weighted by Gasteiger charge is -2.29. The Balaban J connectivity index is 1.55. The molecule has 0 spiro atoms. The Morgan fingerprint density at radius 3 is 2.63 bits per heavy atom. The van der Waals surface area contributed by atoms with E-state index < -0.39 is 0 Å². The molecule has 106 valence electrons. The monoisotopic (exact) mass is 261 g/mol. The number of Topliss-reactive ketones (excluding diaryl/α,β-unsaturated/α-hetero) is 1. The number of carbonyl (C=O) groups is 1. The molecule has 2 unspecified atom stereocenters. The number of nitrogens with one attached hydrogen (secondary N) is 1. The molecule has 2 nitrogen and oxygen atoms in total. The predicted molar refractivity (Wildman–Crippen MR) is 78.1 cm³/mol. The fourth-order valence-electron chi connectivity index (χ4n) is 4.18. The smallest absolute Gasteiger partial charge is 0.158 e. The summed E-state index contributed by atoms with van der Waals surface area (Å²) in [5.41, 5.74) is 1.16. The lowest BCUT2D eigenvalue weighted by molar-refractivity contribution is -0.116. The molecule has 0 aromatic rings. The molecule has 2 saturated heterocycles. The van der Waals surface area contributed by atoms with Gasteiger partial charge in [0.05, 0.1) is 0 Å². The number of hydrogen-bond acceptors (Lipinski definition) is 2. The first-order valence-corrected chi connectivity index (χ1v) is 8.29. The summed E-state index contributed by atoms with van der Waals surface area (Å²) >= 11 is 0. The second-order valence-electron chi connectivity index (χ2n) is 6.78. The lowest BCUT2D eigenvalue weighted by atomic mass is 9.85. The van der Waals surface area contributed by atoms with Crippen molar-refractivity contribution in [3.8, 4) is 0 Å². The number of rotatable bonds is 3. The zero-order chi connectivity index (χ0) is 13.1. The van der Waals surface area contributed by atoms with E-state index in [1.807, 2.05) is 0 Å². The second-order valence-corrected chi connectivity index (χ2v) is 6.78. The van der Waals surface area contributed by atoms with Gasteiger partial charge in [-0.1, -0.05) is 18.9 Å². The zero-order valence-corrected chi connectivity index (χ0v) is 12.0. The van der Waals surface area contributed by atoms with Gasteiger partial charge in [-0.25, -0.2) is 0 Å². The number of hydrogen-bond donors (Lipinski definition) is 1. The maximum absolute atomic E-state index is 12.5. The average Bonchev–Trinajstić information content (AvgIpc) is 2.68. The van der Waals surface area contributed by atoms with Crippen LogP contribution in [0, 0.1) is 5.92 Å². The topological polar surface area (TPSA) is 29.1 Å². The van der Waals surface area contributed by atoms with Crippen LogP contribution in [0.2, 0.25) is 0 Å². The first-order chi connectivity index (χ1) is 9.31. The van der Waals surface area contributed by atoms with Gasteiger partial charge in [-0.05, 0) is 62.9 Å². The van der Waals surface area contributed by atoms with Crippen molar-refractivity contribution in [1.82, 2.24) is 5.32 Å². The van der Waals surface area contributed by atoms with Gasteiger partial charge in [0.2, 0.25) is 0 Å². The standard InChI is InChI=1S/C17H27NO/c19-17(14-6-4-2-1-3-5-7-14)12-13-10-15-8-9-16(11-13)18-15/h6,13,15-16,18H,1-5,7-12H2. The second kappa shape index (κ2) is 6.21. The number of piperidine rings is 1. The third-order valence-electron chi connectivity index (χ3n) is 5.19. The van der Waals surface area contributed by atoms with Crippen molar-refractivity contribution in [2.75, 3.05) is 0 Å². The van der Waals surface area contributed by atoms with E-state index in [2.05, 4.69) is 11.4 Å². The summed E-state index contributed by atoms with van der Waals surface area (Å²) in [5.74, 6) is 1.12. The van der Waals surface area contributed by atoms with E-state index in [0.29, 0.717) is 23.8 Å². The van der Waals surface area contributed by atoms with Crippen molar-refractivity contribution in [3.63, 3.8) is 0 Å². The Labute approximate surface area is 117 Å². The van der Waals surface area contributed by atoms with Gasteiger partial charge in [-0.15, -0.1) is 0 Å². The molecule has 19 heavy (non-hydrogen) atoms. The van der Waals surface area contributed by atoms with Crippen LogP contribution in [-0.2, 0) is 4.79 Å². The van der Waals surface area contributed by atoms with Gasteiger partial charge < -0.3 is 5.32 Å². The number of allylic oxidation sites excluding steroid dienone is 2. The van der Waals surface area contributed by atoms with Crippen LogP contribution in [0.25, 0.3) is 0 Å². The van der Waals surface area contributed by atoms with Crippen LogP contribution in [-0.4, -0.2) is 17.9 Å². The van der Waals surface area contributed by atoms with Crippen LogP contribution in [0.4, 0.5) is 0 Å². The minimum atomic E-state index is 0.466. The summed E-state index contributed by atoms with van der Waals surface area (Å²) in [4.78, 5) is 12.5. The van der Waals surface area contributed by atoms with Crippen LogP contribution in [0.5, 0.6) is 0 Å². The van der Waals surface area contributed by atoms with Gasteiger partial charge in [-0.3, -0.25) is 4.79 Å². The average molecular weight is 261 g/mol. The Bertz CT molecular complexity index is 348. The molecule has 0 radical (unpaired) electrons. The van der Waals surface area contributed by atoms with E-state index >= 15 is 0 Å². The van der Waals surface area contributed by atoms with Crippen LogP contribution in [0.1, 0.15) is 70.6 Å². The molecular weight excluding hydrogens is 234 g/mol. The maximum Gasteiger partial charge on any atom is 0.158 e. The Morgan fingerprint density at radius 2 is 1.84 bits per heavy atom. The van der Waals surface area contributed by atoms with E-state index in [1.165, 1.54) is 51.4 Å². The van der Waals surface area contributed by atoms with E-state index in [0.717, 1.165) is 24.8 Å². The van der Waals surface area contributed by atoms with Gasteiger partial charge in [0.15, 0.2) is 5.78 Å². The Morgan fingerprint density at radius 1 is 1.11 bits per heavy atom. The molecule has 3 aliphatic rings. The molecule has 0 aromatic carbocycles. The van der Waals surface area contributed by atoms with Crippen molar-refractivity contribution < 1.29 is 4.79 Å². The summed E-state index contributed by atoms with van der Waals surface area (Å²) < 4.78 is 0. The van der Waals surface area contributed by atoms with E-state index in [1.54, 1.807) is 0 Å². The minimum Gasteiger partial charge on any atom is -0.311 e. The first-order valence-electron chi connectivity index (χ1n) is 8.29. The Hall–Kier alpha value is -0.630. The molecule has 2 heteroatoms. The van der Waals surface area contributed by atoms with Gasteiger partial charge in [0.1, 0.15) is 0 Å². The van der Waals surface area contributed by atoms with Crippen molar-refractivity contribution in [3.05, 3.63) is 11.6 Å². The van der Waals surface area contributed by atoms with E-state index in [9.17, 15) is 4.79 Å². The quantitative estimate of drug-likeness (QED) is 0.838. The molecule has 1 N–H and O–H groups in total. The third kappa shape index (κ3) is 3.47. The van der Waals surface area contributed by atoms with E-state index in [4.69, 9.17) is 0 Å². The third-order valence-corrected chi connectivity index (χ3v) is 5.19. The van der Waals surface area contributed by atoms with Crippen molar-refractivity contribution in [1.29, 1.82) is 0 Å². The number of ketones is 1. The van der Waals surface area contributed by atoms with Gasteiger partial charge in [0, 0.05) is 18.5 Å². The normalized spacial score (nSPS) is 35.4. The molecule has 2 bridgehead atoms. The highest BCUT2D eigenvalue weighted by Gasteiger charge is 2.34. The molecule has 1 aliphatic carbocycles. The first kappa shape index (κ1) is 13.4. The van der Waals surface area contributed by atoms with Crippen LogP contribution in [0.15, 0.2) is 11.6 Å². The fraction of sp³-hybridized carbons (Fsp3) is 0.824. The molecular formula is C17H27NO. The van der Waals surface area contributed by atoms with Crippen molar-refractivity contribution in [2.24, 2.45) is 5.92 Å². The van der Waals surface area contributed by atoms with Gasteiger partial charge in [0.25, 0.3) is 0 Å². The van der Waals surface area contributed by atoms with Crippen LogP contribution in [0.3, 0.4) is 0 Å². The van der Waals surface area contributed by atoms with Crippen molar-refractivity contribution in [2.45, 2.75) is 82.7 Å². The SMILES string of the molecule is O=C(CC1CC2CCC(C1)N2)C1=CCCCCCC1. The van der Waals surface area contributed by atoms with E-state index in [-0.39, 0.29) is 0 Å². The highest BCUT2D eigenvalue weighted by Crippen LogP contribution is 2.33. The van der Waals surface area contributed by atoms with Crippen molar-refractivity contribution >= 4 is 5.78 Å². The van der Waals surface area contributed by atoms with Crippen LogP contribution >= 0.6 is 0 Å². The summed E-state index contributed by atoms with van der Waals surface area (Å²) in [7, 11) is 0. The highest BCUT2D eigenvalue weighted by molar-refractivity contribution is 5.95. The molecule has 0 aromatic heterocycles. The largest absolute Gasteiger partial charge is 0.311 e. The predicted octanol–water partition coefficient (Wildman–Crippen LogP) is 3.76. The van der Waals surface area contributed by atoms with Gasteiger partial charge >= 0.3 is 0 Å². The summed E-state index contributed by atoms with van der Waals surface area (Å²) in [6.45, 7) is 0. The molecule has 0 saturated carbocycles. The minimum absolute atomic E-state index is 0.466. The van der Waals surface area contributed by atoms with Crippen LogP contribution < -0.4 is 5.32 Å². The fourth-order valence-corrected chi connectivity index (χ4v) is 4.18. The molecule has 3 rings (SSSR count). The summed E-state index contributed by atoms with van der Waals surface area (Å²) in [5, 5.41) is 3.67. The Kier molecular flexibility index (Phi) is 4.37. The highest BCUT2D eigenvalue weighted by atomic mass is 16.1. The lowest BCUT2D eigenvalue weighted by Crippen LogP contribution is -2.38. The number of fused-ring (bicyclic) bond motifs is 2.